The van der Waals surface area contributed by atoms with Gasteiger partial charge in [-0.1, -0.05) is 12.1 Å². The van der Waals surface area contributed by atoms with Gasteiger partial charge in [-0.2, -0.15) is 0 Å². The van der Waals surface area contributed by atoms with Crippen molar-refractivity contribution in [2.75, 3.05) is 17.1 Å². The number of anilines is 2. The molecule has 7 nitrogen and oxygen atoms in total. The van der Waals surface area contributed by atoms with E-state index in [0.29, 0.717) is 39.2 Å². The SMILES string of the molecule is CNC(=O)c1c(-c2ccc(F)cc2)oc2cc(N(Cc3ccc(N)c(C)c3)S(=O)[O-])c(C3CC3)cc12. The lowest BCUT2D eigenvalue weighted by Crippen LogP contribution is -2.26. The minimum atomic E-state index is -2.57. The first-order valence-electron chi connectivity index (χ1n) is 11.6. The van der Waals surface area contributed by atoms with Gasteiger partial charge in [0.05, 0.1) is 17.8 Å². The van der Waals surface area contributed by atoms with Crippen molar-refractivity contribution < 1.29 is 22.4 Å². The molecule has 0 bridgehead atoms. The maximum Gasteiger partial charge on any atom is 0.255 e. The third kappa shape index (κ3) is 4.47. The van der Waals surface area contributed by atoms with Gasteiger partial charge in [-0.25, -0.2) is 4.39 Å². The number of furan rings is 1. The number of hydrogen-bond acceptors (Lipinski definition) is 5. The molecule has 1 aliphatic rings. The summed E-state index contributed by atoms with van der Waals surface area (Å²) in [7, 11) is 1.53. The van der Waals surface area contributed by atoms with Crippen LogP contribution in [0.2, 0.25) is 0 Å². The number of nitrogens with two attached hydrogens (primary N) is 1. The lowest BCUT2D eigenvalue weighted by molar-refractivity contribution is 0.0964. The minimum absolute atomic E-state index is 0.121. The fraction of sp³-hybridized carbons (Fsp3) is 0.222. The molecule has 1 saturated carbocycles. The van der Waals surface area contributed by atoms with Crippen LogP contribution >= 0.6 is 0 Å². The van der Waals surface area contributed by atoms with E-state index >= 15 is 0 Å². The number of fused-ring (bicyclic) bond motifs is 1. The number of nitrogens with one attached hydrogen (secondary N) is 1. The Labute approximate surface area is 210 Å². The lowest BCUT2D eigenvalue weighted by Gasteiger charge is -2.29. The lowest BCUT2D eigenvalue weighted by atomic mass is 10.00. The van der Waals surface area contributed by atoms with Gasteiger partial charge in [-0.3, -0.25) is 13.3 Å². The van der Waals surface area contributed by atoms with Crippen LogP contribution in [0.4, 0.5) is 15.8 Å². The molecule has 1 unspecified atom stereocenters. The molecule has 9 heteroatoms. The van der Waals surface area contributed by atoms with Gasteiger partial charge in [0.2, 0.25) is 0 Å². The molecule has 0 aliphatic heterocycles. The highest BCUT2D eigenvalue weighted by molar-refractivity contribution is 7.80. The Hall–Kier alpha value is -3.69. The van der Waals surface area contributed by atoms with Crippen LogP contribution in [0.5, 0.6) is 0 Å². The molecule has 36 heavy (non-hydrogen) atoms. The summed E-state index contributed by atoms with van der Waals surface area (Å²) in [5, 5.41) is 3.23. The van der Waals surface area contributed by atoms with Gasteiger partial charge in [-0.05, 0) is 78.8 Å². The summed E-state index contributed by atoms with van der Waals surface area (Å²) in [4.78, 5) is 12.9. The molecular weight excluding hydrogens is 481 g/mol. The first-order valence-corrected chi connectivity index (χ1v) is 12.6. The van der Waals surface area contributed by atoms with Crippen LogP contribution in [-0.2, 0) is 17.8 Å². The van der Waals surface area contributed by atoms with E-state index in [4.69, 9.17) is 10.2 Å². The van der Waals surface area contributed by atoms with E-state index in [1.807, 2.05) is 19.1 Å². The largest absolute Gasteiger partial charge is 0.755 e. The fourth-order valence-corrected chi connectivity index (χ4v) is 5.03. The molecule has 0 radical (unpaired) electrons. The topological polar surface area (TPSA) is 112 Å². The molecule has 1 amide bonds. The van der Waals surface area contributed by atoms with Crippen LogP contribution < -0.4 is 15.4 Å². The maximum absolute atomic E-state index is 13.5. The van der Waals surface area contributed by atoms with Crippen molar-refractivity contribution >= 4 is 39.5 Å². The van der Waals surface area contributed by atoms with Crippen LogP contribution in [-0.4, -0.2) is 21.7 Å². The number of amides is 1. The average molecular weight is 507 g/mol. The van der Waals surface area contributed by atoms with Crippen LogP contribution in [0.1, 0.15) is 45.8 Å². The molecule has 1 aliphatic carbocycles. The number of aryl methyl sites for hydroxylation is 1. The van der Waals surface area contributed by atoms with E-state index in [1.165, 1.54) is 23.5 Å². The monoisotopic (exact) mass is 506 g/mol. The van der Waals surface area contributed by atoms with Gasteiger partial charge in [0, 0.05) is 41.0 Å². The molecule has 1 aromatic heterocycles. The fourth-order valence-electron chi connectivity index (χ4n) is 4.46. The Kier molecular flexibility index (Phi) is 6.27. The molecule has 5 rings (SSSR count). The first kappa shape index (κ1) is 24.0. The Bertz CT molecular complexity index is 1500. The number of nitrogens with zero attached hydrogens (tertiary/aromatic N) is 1. The number of carbonyl (C=O) groups is 1. The van der Waals surface area contributed by atoms with Crippen molar-refractivity contribution in [2.24, 2.45) is 0 Å². The van der Waals surface area contributed by atoms with Gasteiger partial charge >= 0.3 is 0 Å². The smallest absolute Gasteiger partial charge is 0.255 e. The molecule has 3 aromatic carbocycles. The third-order valence-corrected chi connectivity index (χ3v) is 7.21. The third-order valence-electron chi connectivity index (χ3n) is 6.52. The normalized spacial score (nSPS) is 14.1. The van der Waals surface area contributed by atoms with E-state index in [9.17, 15) is 17.9 Å². The zero-order chi connectivity index (χ0) is 25.6. The predicted molar refractivity (Wildman–Crippen MR) is 138 cm³/mol. The zero-order valence-electron chi connectivity index (χ0n) is 19.8. The summed E-state index contributed by atoms with van der Waals surface area (Å²) in [5.74, 6) is -0.261. The maximum atomic E-state index is 13.5. The average Bonchev–Trinajstić information content (AvgIpc) is 3.64. The number of hydrogen-bond donors (Lipinski definition) is 2. The van der Waals surface area contributed by atoms with Gasteiger partial charge in [-0.15, -0.1) is 0 Å². The van der Waals surface area contributed by atoms with Gasteiger partial charge < -0.3 is 20.0 Å². The van der Waals surface area contributed by atoms with Gasteiger partial charge in [0.1, 0.15) is 17.2 Å². The molecule has 1 atom stereocenters. The number of benzene rings is 3. The van der Waals surface area contributed by atoms with Crippen molar-refractivity contribution in [3.8, 4) is 11.3 Å². The summed E-state index contributed by atoms with van der Waals surface area (Å²) in [5.41, 5.74) is 10.8. The van der Waals surface area contributed by atoms with E-state index in [0.717, 1.165) is 29.5 Å². The molecule has 0 spiro atoms. The summed E-state index contributed by atoms with van der Waals surface area (Å²) >= 11 is -2.57. The summed E-state index contributed by atoms with van der Waals surface area (Å²) in [6.07, 6.45) is 1.85. The molecule has 4 aromatic rings. The van der Waals surface area contributed by atoms with Crippen molar-refractivity contribution in [3.05, 3.63) is 82.7 Å². The summed E-state index contributed by atoms with van der Waals surface area (Å²) < 4.78 is 45.9. The van der Waals surface area contributed by atoms with Crippen LogP contribution in [0.3, 0.4) is 0 Å². The van der Waals surface area contributed by atoms with E-state index < -0.39 is 17.1 Å². The molecule has 1 heterocycles. The van der Waals surface area contributed by atoms with Gasteiger partial charge in [0.25, 0.3) is 5.91 Å². The summed E-state index contributed by atoms with van der Waals surface area (Å²) in [6, 6.07) is 14.7. The zero-order valence-corrected chi connectivity index (χ0v) is 20.7. The Morgan fingerprint density at radius 3 is 2.53 bits per heavy atom. The second kappa shape index (κ2) is 9.40. The highest BCUT2D eigenvalue weighted by Gasteiger charge is 2.31. The Balaban J connectivity index is 1.68. The highest BCUT2D eigenvalue weighted by Crippen LogP contribution is 2.48. The predicted octanol–water partition coefficient (Wildman–Crippen LogP) is 5.17. The molecule has 3 N–H and O–H groups in total. The van der Waals surface area contributed by atoms with Gasteiger partial charge in [0.15, 0.2) is 0 Å². The molecule has 1 fully saturated rings. The standard InChI is InChI=1S/C27H26FN3O4S/c1-15-11-16(3-10-22(15)29)14-31(36(33)34)23-13-24-21(12-20(23)17-4-5-17)25(27(32)30-2)26(35-24)18-6-8-19(28)9-7-18/h3,6-13,17H,4-5,14,29H2,1-2H3,(H,30,32)(H,33,34)/p-1. The van der Waals surface area contributed by atoms with E-state index in [1.54, 1.807) is 30.3 Å². The molecule has 0 saturated heterocycles. The Morgan fingerprint density at radius 2 is 1.92 bits per heavy atom. The van der Waals surface area contributed by atoms with E-state index in [-0.39, 0.29) is 18.4 Å². The van der Waals surface area contributed by atoms with Crippen molar-refractivity contribution in [3.63, 3.8) is 0 Å². The van der Waals surface area contributed by atoms with E-state index in [2.05, 4.69) is 5.32 Å². The minimum Gasteiger partial charge on any atom is -0.755 e. The first-order chi connectivity index (χ1) is 17.3. The number of nitrogen functional groups attached to an aromatic ring is 1. The Morgan fingerprint density at radius 1 is 1.19 bits per heavy atom. The molecule has 186 valence electrons. The quantitative estimate of drug-likeness (QED) is 0.265. The molecular formula is C27H25FN3O4S-. The summed E-state index contributed by atoms with van der Waals surface area (Å²) in [6.45, 7) is 2.00. The van der Waals surface area contributed by atoms with Crippen LogP contribution in [0, 0.1) is 12.7 Å². The highest BCUT2D eigenvalue weighted by atomic mass is 32.2. The number of rotatable bonds is 7. The van der Waals surface area contributed by atoms with Crippen molar-refractivity contribution in [2.45, 2.75) is 32.2 Å². The second-order valence-corrected chi connectivity index (χ2v) is 9.89. The van der Waals surface area contributed by atoms with Crippen molar-refractivity contribution in [1.82, 2.24) is 5.32 Å². The van der Waals surface area contributed by atoms with Crippen LogP contribution in [0.25, 0.3) is 22.3 Å². The second-order valence-electron chi connectivity index (χ2n) is 9.02. The number of halogens is 1. The number of carbonyl (C=O) groups excluding carboxylic acids is 1. The van der Waals surface area contributed by atoms with Crippen LogP contribution in [0.15, 0.2) is 59.0 Å². The van der Waals surface area contributed by atoms with Crippen molar-refractivity contribution in [1.29, 1.82) is 0 Å².